The van der Waals surface area contributed by atoms with Crippen molar-refractivity contribution in [3.05, 3.63) is 34.7 Å². The molecule has 2 N–H and O–H groups in total. The third-order valence-corrected chi connectivity index (χ3v) is 2.31. The van der Waals surface area contributed by atoms with E-state index in [9.17, 15) is 4.79 Å². The molecule has 1 amide bonds. The molecule has 0 atom stereocenters. The molecule has 0 saturated carbocycles. The van der Waals surface area contributed by atoms with Crippen LogP contribution < -0.4 is 5.73 Å². The third-order valence-electron chi connectivity index (χ3n) is 1.73. The predicted octanol–water partition coefficient (Wildman–Crippen LogP) is 1.20. The van der Waals surface area contributed by atoms with Gasteiger partial charge in [-0.25, -0.2) is 4.98 Å². The molecule has 2 aromatic heterocycles. The van der Waals surface area contributed by atoms with Gasteiger partial charge < -0.3 is 10.1 Å². The van der Waals surface area contributed by atoms with E-state index in [2.05, 4.69) is 20.9 Å². The second-order valence-corrected chi connectivity index (χ2v) is 3.45. The fourth-order valence-corrected chi connectivity index (χ4v) is 1.68. The summed E-state index contributed by atoms with van der Waals surface area (Å²) in [4.78, 5) is 15.0. The molecule has 4 nitrogen and oxygen atoms in total. The highest BCUT2D eigenvalue weighted by atomic mass is 79.9. The number of aromatic nitrogens is 2. The van der Waals surface area contributed by atoms with Gasteiger partial charge in [-0.15, -0.1) is 0 Å². The monoisotopic (exact) mass is 239 g/mol. The van der Waals surface area contributed by atoms with E-state index in [0.717, 1.165) is 10.1 Å². The Labute approximate surface area is 82.5 Å². The maximum atomic E-state index is 10.9. The Morgan fingerprint density at radius 1 is 1.62 bits per heavy atom. The van der Waals surface area contributed by atoms with Gasteiger partial charge in [0.2, 0.25) is 5.91 Å². The maximum Gasteiger partial charge on any atom is 0.250 e. The lowest BCUT2D eigenvalue weighted by Gasteiger charge is -1.99. The van der Waals surface area contributed by atoms with E-state index in [1.54, 1.807) is 29.1 Å². The largest absolute Gasteiger partial charge is 0.366 e. The first kappa shape index (κ1) is 8.25. The van der Waals surface area contributed by atoms with Crippen LogP contribution in [0, 0.1) is 0 Å². The highest BCUT2D eigenvalue weighted by molar-refractivity contribution is 9.10. The average molecular weight is 240 g/mol. The SMILES string of the molecule is NC(=O)c1cc(Br)c2nccn2c1. The van der Waals surface area contributed by atoms with Crippen LogP contribution in [0.5, 0.6) is 0 Å². The molecule has 0 aliphatic heterocycles. The zero-order chi connectivity index (χ0) is 9.42. The quantitative estimate of drug-likeness (QED) is 0.813. The van der Waals surface area contributed by atoms with Crippen LogP contribution in [0.1, 0.15) is 10.4 Å². The van der Waals surface area contributed by atoms with E-state index in [-0.39, 0.29) is 0 Å². The van der Waals surface area contributed by atoms with Crippen LogP contribution in [-0.4, -0.2) is 15.3 Å². The first-order valence-corrected chi connectivity index (χ1v) is 4.40. The Balaban J connectivity index is 2.77. The van der Waals surface area contributed by atoms with Gasteiger partial charge in [0.05, 0.1) is 10.0 Å². The molecule has 0 saturated heterocycles. The number of imidazole rings is 1. The molecule has 13 heavy (non-hydrogen) atoms. The Morgan fingerprint density at radius 2 is 2.38 bits per heavy atom. The first-order chi connectivity index (χ1) is 6.18. The number of halogens is 1. The predicted molar refractivity (Wildman–Crippen MR) is 51.4 cm³/mol. The van der Waals surface area contributed by atoms with Crippen LogP contribution in [0.15, 0.2) is 29.1 Å². The van der Waals surface area contributed by atoms with Gasteiger partial charge in [0.1, 0.15) is 0 Å². The second kappa shape index (κ2) is 2.85. The number of pyridine rings is 1. The minimum atomic E-state index is -0.448. The fraction of sp³-hybridized carbons (Fsp3) is 0. The highest BCUT2D eigenvalue weighted by Crippen LogP contribution is 2.17. The lowest BCUT2D eigenvalue weighted by atomic mass is 10.3. The van der Waals surface area contributed by atoms with Crippen molar-refractivity contribution < 1.29 is 4.79 Å². The number of amides is 1. The molecular formula is C8H6BrN3O. The van der Waals surface area contributed by atoms with Gasteiger partial charge in [-0.3, -0.25) is 4.79 Å². The number of carbonyl (C=O) groups is 1. The van der Waals surface area contributed by atoms with E-state index >= 15 is 0 Å². The molecular weight excluding hydrogens is 234 g/mol. The van der Waals surface area contributed by atoms with Crippen LogP contribution >= 0.6 is 15.9 Å². The van der Waals surface area contributed by atoms with E-state index in [1.807, 2.05) is 0 Å². The van der Waals surface area contributed by atoms with Crippen molar-refractivity contribution in [1.82, 2.24) is 9.38 Å². The highest BCUT2D eigenvalue weighted by Gasteiger charge is 2.05. The van der Waals surface area contributed by atoms with E-state index in [4.69, 9.17) is 5.73 Å². The van der Waals surface area contributed by atoms with Gasteiger partial charge in [-0.2, -0.15) is 0 Å². The van der Waals surface area contributed by atoms with Crippen molar-refractivity contribution in [2.75, 3.05) is 0 Å². The molecule has 0 spiro atoms. The van der Waals surface area contributed by atoms with Gasteiger partial charge >= 0.3 is 0 Å². The van der Waals surface area contributed by atoms with Crippen LogP contribution in [0.2, 0.25) is 0 Å². The number of rotatable bonds is 1. The Morgan fingerprint density at radius 3 is 3.08 bits per heavy atom. The van der Waals surface area contributed by atoms with Gasteiger partial charge in [0.15, 0.2) is 5.65 Å². The average Bonchev–Trinajstić information content (AvgIpc) is 2.51. The van der Waals surface area contributed by atoms with Crippen molar-refractivity contribution in [1.29, 1.82) is 0 Å². The molecule has 0 radical (unpaired) electrons. The van der Waals surface area contributed by atoms with Crippen LogP contribution in [0.25, 0.3) is 5.65 Å². The topological polar surface area (TPSA) is 60.4 Å². The molecule has 66 valence electrons. The summed E-state index contributed by atoms with van der Waals surface area (Å²) >= 11 is 3.30. The summed E-state index contributed by atoms with van der Waals surface area (Å²) in [5, 5.41) is 0. The van der Waals surface area contributed by atoms with E-state index < -0.39 is 5.91 Å². The second-order valence-electron chi connectivity index (χ2n) is 2.60. The maximum absolute atomic E-state index is 10.9. The molecule has 0 aliphatic rings. The molecule has 0 aliphatic carbocycles. The number of carbonyl (C=O) groups excluding carboxylic acids is 1. The molecule has 0 aromatic carbocycles. The molecule has 0 bridgehead atoms. The number of hydrogen-bond donors (Lipinski definition) is 1. The Hall–Kier alpha value is -1.36. The number of nitrogens with zero attached hydrogens (tertiary/aromatic N) is 2. The summed E-state index contributed by atoms with van der Waals surface area (Å²) in [6.07, 6.45) is 5.06. The van der Waals surface area contributed by atoms with E-state index in [1.165, 1.54) is 0 Å². The molecule has 2 heterocycles. The van der Waals surface area contributed by atoms with Crippen LogP contribution in [0.3, 0.4) is 0 Å². The summed E-state index contributed by atoms with van der Waals surface area (Å²) in [5.74, 6) is -0.448. The van der Waals surface area contributed by atoms with Crippen molar-refractivity contribution in [3.8, 4) is 0 Å². The van der Waals surface area contributed by atoms with Gasteiger partial charge in [0, 0.05) is 18.6 Å². The van der Waals surface area contributed by atoms with Crippen LogP contribution in [0.4, 0.5) is 0 Å². The van der Waals surface area contributed by atoms with Crippen LogP contribution in [-0.2, 0) is 0 Å². The summed E-state index contributed by atoms with van der Waals surface area (Å²) in [6, 6.07) is 1.66. The zero-order valence-electron chi connectivity index (χ0n) is 6.57. The summed E-state index contributed by atoms with van der Waals surface area (Å²) in [6.45, 7) is 0. The molecule has 2 aromatic rings. The van der Waals surface area contributed by atoms with Gasteiger partial charge in [0.25, 0.3) is 0 Å². The van der Waals surface area contributed by atoms with Gasteiger partial charge in [-0.1, -0.05) is 0 Å². The number of nitrogens with two attached hydrogens (primary N) is 1. The molecule has 2 rings (SSSR count). The number of hydrogen-bond acceptors (Lipinski definition) is 2. The van der Waals surface area contributed by atoms with Crippen molar-refractivity contribution in [3.63, 3.8) is 0 Å². The van der Waals surface area contributed by atoms with Crippen molar-refractivity contribution in [2.24, 2.45) is 5.73 Å². The minimum absolute atomic E-state index is 0.448. The number of primary amides is 1. The summed E-state index contributed by atoms with van der Waals surface area (Å²) < 4.78 is 2.50. The number of fused-ring (bicyclic) bond motifs is 1. The standard InChI is InChI=1S/C8H6BrN3O/c9-6-3-5(7(10)13)4-12-2-1-11-8(6)12/h1-4H,(H2,10,13). The molecule has 5 heteroatoms. The van der Waals surface area contributed by atoms with Gasteiger partial charge in [-0.05, 0) is 22.0 Å². The zero-order valence-corrected chi connectivity index (χ0v) is 8.15. The third kappa shape index (κ3) is 1.31. The van der Waals surface area contributed by atoms with Crippen molar-refractivity contribution >= 4 is 27.5 Å². The first-order valence-electron chi connectivity index (χ1n) is 3.60. The normalized spacial score (nSPS) is 10.5. The fourth-order valence-electron chi connectivity index (χ4n) is 1.13. The Kier molecular flexibility index (Phi) is 1.81. The van der Waals surface area contributed by atoms with Crippen molar-refractivity contribution in [2.45, 2.75) is 0 Å². The lowest BCUT2D eigenvalue weighted by molar-refractivity contribution is 0.1000. The molecule has 0 fully saturated rings. The lowest BCUT2D eigenvalue weighted by Crippen LogP contribution is -2.11. The smallest absolute Gasteiger partial charge is 0.250 e. The summed E-state index contributed by atoms with van der Waals surface area (Å²) in [5.41, 5.74) is 6.37. The summed E-state index contributed by atoms with van der Waals surface area (Å²) in [7, 11) is 0. The van der Waals surface area contributed by atoms with E-state index in [0.29, 0.717) is 5.56 Å². The Bertz CT molecular complexity index is 477. The molecule has 0 unspecified atom stereocenters. The minimum Gasteiger partial charge on any atom is -0.366 e.